The van der Waals surface area contributed by atoms with Gasteiger partial charge in [-0.05, 0) is 24.6 Å². The van der Waals surface area contributed by atoms with E-state index >= 15 is 0 Å². The molecule has 1 saturated heterocycles. The second-order valence-corrected chi connectivity index (χ2v) is 7.63. The normalized spacial score (nSPS) is 15.2. The van der Waals surface area contributed by atoms with E-state index in [1.54, 1.807) is 0 Å². The number of rotatable bonds is 3. The van der Waals surface area contributed by atoms with Crippen LogP contribution >= 0.6 is 11.3 Å². The smallest absolute Gasteiger partial charge is 0.162 e. The summed E-state index contributed by atoms with van der Waals surface area (Å²) < 4.78 is 6.72. The Labute approximate surface area is 155 Å². The summed E-state index contributed by atoms with van der Waals surface area (Å²) in [5.74, 6) is 1.84. The average molecular weight is 364 g/mol. The Hall–Kier alpha value is -2.44. The second kappa shape index (κ2) is 6.37. The molecule has 1 aliphatic heterocycles. The van der Waals surface area contributed by atoms with Crippen molar-refractivity contribution in [2.24, 2.45) is 0 Å². The number of aromatic nitrogens is 3. The lowest BCUT2D eigenvalue weighted by Gasteiger charge is -2.28. The van der Waals surface area contributed by atoms with Crippen LogP contribution < -0.4 is 4.90 Å². The van der Waals surface area contributed by atoms with Crippen LogP contribution in [0.2, 0.25) is 0 Å². The summed E-state index contributed by atoms with van der Waals surface area (Å²) in [4.78, 5) is 16.9. The molecule has 0 amide bonds. The summed E-state index contributed by atoms with van der Waals surface area (Å²) >= 11 is 1.81. The van der Waals surface area contributed by atoms with E-state index in [-0.39, 0.29) is 0 Å². The van der Waals surface area contributed by atoms with Crippen LogP contribution in [-0.4, -0.2) is 41.3 Å². The third kappa shape index (κ3) is 2.57. The first-order valence-corrected chi connectivity index (χ1v) is 9.85. The molecule has 0 spiro atoms. The van der Waals surface area contributed by atoms with Gasteiger partial charge in [0.15, 0.2) is 11.6 Å². The van der Waals surface area contributed by atoms with Crippen LogP contribution in [-0.2, 0) is 11.2 Å². The van der Waals surface area contributed by atoms with Crippen molar-refractivity contribution < 1.29 is 4.74 Å². The summed E-state index contributed by atoms with van der Waals surface area (Å²) in [6.45, 7) is 5.44. The van der Waals surface area contributed by atoms with Gasteiger partial charge in [-0.2, -0.15) is 0 Å². The number of ether oxygens (including phenoxy) is 1. The van der Waals surface area contributed by atoms with Gasteiger partial charge in [-0.3, -0.25) is 0 Å². The van der Waals surface area contributed by atoms with Gasteiger partial charge in [0, 0.05) is 40.6 Å². The molecule has 6 heteroatoms. The Morgan fingerprint density at radius 1 is 1.19 bits per heavy atom. The molecule has 0 aliphatic carbocycles. The molecule has 0 unspecified atom stereocenters. The van der Waals surface area contributed by atoms with E-state index < -0.39 is 0 Å². The maximum Gasteiger partial charge on any atom is 0.162 e. The van der Waals surface area contributed by atoms with Crippen molar-refractivity contribution in [1.82, 2.24) is 15.0 Å². The van der Waals surface area contributed by atoms with Crippen molar-refractivity contribution in [3.8, 4) is 11.4 Å². The number of morpholine rings is 1. The zero-order valence-corrected chi connectivity index (χ0v) is 15.5. The first-order valence-electron chi connectivity index (χ1n) is 9.03. The van der Waals surface area contributed by atoms with E-state index in [4.69, 9.17) is 14.7 Å². The minimum atomic E-state index is 0.750. The number of fused-ring (bicyclic) bond motifs is 2. The molecular weight excluding hydrogens is 344 g/mol. The van der Waals surface area contributed by atoms with Crippen molar-refractivity contribution >= 4 is 38.3 Å². The molecule has 4 aromatic rings. The summed E-state index contributed by atoms with van der Waals surface area (Å²) in [5, 5.41) is 1.16. The molecule has 132 valence electrons. The largest absolute Gasteiger partial charge is 0.378 e. The number of H-pyrrole nitrogens is 1. The van der Waals surface area contributed by atoms with Crippen molar-refractivity contribution in [1.29, 1.82) is 0 Å². The summed E-state index contributed by atoms with van der Waals surface area (Å²) in [6, 6.07) is 10.6. The molecule has 4 heterocycles. The van der Waals surface area contributed by atoms with Gasteiger partial charge in [0.1, 0.15) is 0 Å². The maximum atomic E-state index is 5.54. The van der Waals surface area contributed by atoms with Crippen molar-refractivity contribution in [2.45, 2.75) is 13.3 Å². The monoisotopic (exact) mass is 364 g/mol. The van der Waals surface area contributed by atoms with Crippen LogP contribution in [0, 0.1) is 0 Å². The second-order valence-electron chi connectivity index (χ2n) is 6.50. The fourth-order valence-corrected chi connectivity index (χ4v) is 4.58. The number of nitrogens with zero attached hydrogens (tertiary/aromatic N) is 3. The molecule has 1 fully saturated rings. The highest BCUT2D eigenvalue weighted by molar-refractivity contribution is 7.19. The van der Waals surface area contributed by atoms with E-state index in [0.29, 0.717) is 0 Å². The highest BCUT2D eigenvalue weighted by atomic mass is 32.1. The molecule has 0 radical (unpaired) electrons. The SMILES string of the molecule is CCc1cc2nc(-c3cccc4[nH]ccc34)nc(N3CCOCC3)c2s1. The lowest BCUT2D eigenvalue weighted by atomic mass is 10.1. The number of hydrogen-bond donors (Lipinski definition) is 1. The lowest BCUT2D eigenvalue weighted by molar-refractivity contribution is 0.122. The zero-order chi connectivity index (χ0) is 17.5. The molecule has 1 aliphatic rings. The Morgan fingerprint density at radius 2 is 2.08 bits per heavy atom. The van der Waals surface area contributed by atoms with Gasteiger partial charge >= 0.3 is 0 Å². The zero-order valence-electron chi connectivity index (χ0n) is 14.7. The van der Waals surface area contributed by atoms with Gasteiger partial charge in [0.05, 0.1) is 23.4 Å². The minimum Gasteiger partial charge on any atom is -0.378 e. The topological polar surface area (TPSA) is 54.0 Å². The van der Waals surface area contributed by atoms with Crippen LogP contribution in [0.5, 0.6) is 0 Å². The predicted octanol–water partition coefficient (Wildman–Crippen LogP) is 4.24. The number of aromatic amines is 1. The lowest BCUT2D eigenvalue weighted by Crippen LogP contribution is -2.36. The molecule has 5 rings (SSSR count). The molecule has 3 aromatic heterocycles. The molecule has 5 nitrogen and oxygen atoms in total. The number of thiophene rings is 1. The summed E-state index contributed by atoms with van der Waals surface area (Å²) in [7, 11) is 0. The fourth-order valence-electron chi connectivity index (χ4n) is 3.53. The average Bonchev–Trinajstić information content (AvgIpc) is 3.34. The standard InChI is InChI=1S/C20H20N4OS/c1-2-13-12-17-18(26-13)20(24-8-10-25-11-9-24)23-19(22-17)15-4-3-5-16-14(15)6-7-21-16/h3-7,12,21H,2,8-11H2,1H3. The Bertz CT molecular complexity index is 1080. The Balaban J connectivity index is 1.74. The molecule has 1 aromatic carbocycles. The van der Waals surface area contributed by atoms with Crippen molar-refractivity contribution in [2.75, 3.05) is 31.2 Å². The van der Waals surface area contributed by atoms with Crippen LogP contribution in [0.15, 0.2) is 36.5 Å². The van der Waals surface area contributed by atoms with Gasteiger partial charge in [-0.15, -0.1) is 11.3 Å². The van der Waals surface area contributed by atoms with Crippen molar-refractivity contribution in [3.05, 3.63) is 41.4 Å². The van der Waals surface area contributed by atoms with Crippen LogP contribution in [0.4, 0.5) is 5.82 Å². The molecule has 0 saturated carbocycles. The molecular formula is C20H20N4OS. The van der Waals surface area contributed by atoms with Gasteiger partial charge in [0.2, 0.25) is 0 Å². The maximum absolute atomic E-state index is 5.54. The van der Waals surface area contributed by atoms with Crippen LogP contribution in [0.25, 0.3) is 32.5 Å². The van der Waals surface area contributed by atoms with Gasteiger partial charge in [-0.1, -0.05) is 19.1 Å². The highest BCUT2D eigenvalue weighted by Gasteiger charge is 2.20. The fraction of sp³-hybridized carbons (Fsp3) is 0.300. The van der Waals surface area contributed by atoms with Gasteiger partial charge in [0.25, 0.3) is 0 Å². The van der Waals surface area contributed by atoms with E-state index in [2.05, 4.69) is 47.1 Å². The molecule has 26 heavy (non-hydrogen) atoms. The quantitative estimate of drug-likeness (QED) is 0.591. The number of hydrogen-bond acceptors (Lipinski definition) is 5. The number of aryl methyl sites for hydroxylation is 1. The van der Waals surface area contributed by atoms with Crippen LogP contribution in [0.1, 0.15) is 11.8 Å². The van der Waals surface area contributed by atoms with E-state index in [0.717, 1.165) is 66.3 Å². The number of nitrogens with one attached hydrogen (secondary N) is 1. The summed E-state index contributed by atoms with van der Waals surface area (Å²) in [6.07, 6.45) is 2.99. The number of benzene rings is 1. The Kier molecular flexibility index (Phi) is 3.87. The molecule has 0 atom stereocenters. The first kappa shape index (κ1) is 15.8. The first-order chi connectivity index (χ1) is 12.8. The third-order valence-corrected chi connectivity index (χ3v) is 6.16. The van der Waals surface area contributed by atoms with Crippen LogP contribution in [0.3, 0.4) is 0 Å². The predicted molar refractivity (Wildman–Crippen MR) is 107 cm³/mol. The van der Waals surface area contributed by atoms with E-state index in [9.17, 15) is 0 Å². The third-order valence-electron chi connectivity index (χ3n) is 4.90. The minimum absolute atomic E-state index is 0.750. The molecule has 0 bridgehead atoms. The Morgan fingerprint density at radius 3 is 2.92 bits per heavy atom. The van der Waals surface area contributed by atoms with Gasteiger partial charge in [-0.25, -0.2) is 9.97 Å². The number of anilines is 1. The van der Waals surface area contributed by atoms with Gasteiger partial charge < -0.3 is 14.6 Å². The van der Waals surface area contributed by atoms with Crippen molar-refractivity contribution in [3.63, 3.8) is 0 Å². The van der Waals surface area contributed by atoms with E-state index in [1.165, 1.54) is 9.58 Å². The highest BCUT2D eigenvalue weighted by Crippen LogP contribution is 2.36. The summed E-state index contributed by atoms with van der Waals surface area (Å²) in [5.41, 5.74) is 3.23. The van der Waals surface area contributed by atoms with E-state index in [1.807, 2.05) is 17.5 Å². The molecule has 1 N–H and O–H groups in total.